The van der Waals surface area contributed by atoms with E-state index in [1.807, 2.05) is 30.5 Å². The Kier molecular flexibility index (Phi) is 9.50. The molecular formula is C62H40N5OPt-3. The SMILES string of the molecule is Cc1cc2c(cc1C)N(c1c(-c3ccccc3)cccc1-c1ccccc1)[CH-]N2c1[c-]c(Oc2[c-]c3c(cc2)c2cccc4c5cccc6c7ccccc7n(c7cccnc7n3c24)c65)ccc1.[Pt]. The van der Waals surface area contributed by atoms with Crippen LogP contribution in [-0.4, -0.2) is 13.8 Å². The number of ether oxygens (including phenoxy) is 1. The van der Waals surface area contributed by atoms with Crippen LogP contribution in [0.4, 0.5) is 22.7 Å². The van der Waals surface area contributed by atoms with Crippen molar-refractivity contribution in [2.24, 2.45) is 0 Å². The van der Waals surface area contributed by atoms with Gasteiger partial charge in [0.05, 0.1) is 16.6 Å². The Morgan fingerprint density at radius 2 is 1.01 bits per heavy atom. The van der Waals surface area contributed by atoms with Gasteiger partial charge in [-0.1, -0.05) is 139 Å². The van der Waals surface area contributed by atoms with E-state index in [9.17, 15) is 0 Å². The molecule has 13 aromatic rings. The average molecular weight is 1070 g/mol. The molecule has 0 radical (unpaired) electrons. The Bertz CT molecular complexity index is 4140. The summed E-state index contributed by atoms with van der Waals surface area (Å²) in [4.78, 5) is 9.73. The topological polar surface area (TPSA) is 37.4 Å². The zero-order chi connectivity index (χ0) is 45.0. The molecule has 0 atom stereocenters. The fourth-order valence-corrected chi connectivity index (χ4v) is 10.7. The van der Waals surface area contributed by atoms with E-state index in [2.05, 4.69) is 221 Å². The van der Waals surface area contributed by atoms with Gasteiger partial charge in [0, 0.05) is 94.0 Å². The van der Waals surface area contributed by atoms with Crippen LogP contribution in [-0.2, 0) is 21.1 Å². The molecule has 0 amide bonds. The van der Waals surface area contributed by atoms with E-state index in [1.165, 1.54) is 32.8 Å². The third-order valence-corrected chi connectivity index (χ3v) is 13.9. The van der Waals surface area contributed by atoms with Crippen LogP contribution in [0.1, 0.15) is 11.1 Å². The summed E-state index contributed by atoms with van der Waals surface area (Å²) >= 11 is 0. The van der Waals surface area contributed by atoms with Crippen molar-refractivity contribution in [3.63, 3.8) is 0 Å². The van der Waals surface area contributed by atoms with Crippen molar-refractivity contribution >= 4 is 88.3 Å². The number of para-hydroxylation sites is 4. The first-order valence-electron chi connectivity index (χ1n) is 23.0. The molecule has 332 valence electrons. The standard InChI is InChI=1S/C62H40N5O.Pt/c1-39-34-57-58(35-40(39)2)65(59-46(41-16-5-3-6-17-41)23-12-24-47(59)42-18-7-4-8-19-42)38-64(57)43-20-11-21-44(36-43)68-45-31-32-49-51-26-14-28-53-52-27-13-25-50-48-22-9-10-29-54(48)66(60(50)52)55-30-15-33-63-62(55)67(61(51)53)56(49)37-45;/h3-35,38H,1-2H3;/q-3;. The van der Waals surface area contributed by atoms with E-state index >= 15 is 0 Å². The zero-order valence-electron chi connectivity index (χ0n) is 37.6. The number of rotatable bonds is 6. The van der Waals surface area contributed by atoms with E-state index in [0.29, 0.717) is 11.5 Å². The normalized spacial score (nSPS) is 12.6. The van der Waals surface area contributed by atoms with Gasteiger partial charge in [0.1, 0.15) is 0 Å². The van der Waals surface area contributed by atoms with Crippen molar-refractivity contribution in [3.8, 4) is 33.8 Å². The number of pyridine rings is 1. The van der Waals surface area contributed by atoms with Gasteiger partial charge in [0.15, 0.2) is 5.65 Å². The predicted molar refractivity (Wildman–Crippen MR) is 280 cm³/mol. The molecule has 0 fully saturated rings. The first kappa shape index (κ1) is 41.0. The molecule has 0 unspecified atom stereocenters. The molecule has 6 nitrogen and oxygen atoms in total. The molecule has 0 N–H and O–H groups in total. The minimum absolute atomic E-state index is 0. The summed E-state index contributed by atoms with van der Waals surface area (Å²) in [5, 5.41) is 6.96. The number of nitrogens with zero attached hydrogens (tertiary/aromatic N) is 5. The smallest absolute Gasteiger partial charge is 0.160 e. The Balaban J connectivity index is 0.00000469. The number of aryl methyl sites for hydroxylation is 2. The van der Waals surface area contributed by atoms with Gasteiger partial charge >= 0.3 is 0 Å². The summed E-state index contributed by atoms with van der Waals surface area (Å²) < 4.78 is 11.5. The van der Waals surface area contributed by atoms with Crippen molar-refractivity contribution in [1.82, 2.24) is 13.8 Å². The molecule has 5 heterocycles. The van der Waals surface area contributed by atoms with Crippen LogP contribution < -0.4 is 14.5 Å². The van der Waals surface area contributed by atoms with Gasteiger partial charge in [-0.05, 0) is 71.8 Å². The zero-order valence-corrected chi connectivity index (χ0v) is 39.9. The fourth-order valence-electron chi connectivity index (χ4n) is 10.7. The number of hydrogen-bond donors (Lipinski definition) is 0. The van der Waals surface area contributed by atoms with Crippen LogP contribution in [0.5, 0.6) is 11.5 Å². The molecule has 7 heteroatoms. The minimum atomic E-state index is 0. The number of fused-ring (bicyclic) bond motifs is 11. The predicted octanol–water partition coefficient (Wildman–Crippen LogP) is 16.1. The quantitative estimate of drug-likeness (QED) is 0.156. The number of benzene rings is 9. The second kappa shape index (κ2) is 16.0. The van der Waals surface area contributed by atoms with Gasteiger partial charge in [0.25, 0.3) is 0 Å². The number of aromatic nitrogens is 3. The van der Waals surface area contributed by atoms with Gasteiger partial charge in [-0.25, -0.2) is 4.98 Å². The molecule has 0 aliphatic carbocycles. The second-order valence-corrected chi connectivity index (χ2v) is 17.7. The minimum Gasteiger partial charge on any atom is -0.509 e. The third-order valence-electron chi connectivity index (χ3n) is 13.9. The monoisotopic (exact) mass is 1070 g/mol. The molecule has 1 aliphatic rings. The molecule has 9 aromatic carbocycles. The molecule has 69 heavy (non-hydrogen) atoms. The summed E-state index contributed by atoms with van der Waals surface area (Å²) in [5.74, 6) is 1.17. The molecular weight excluding hydrogens is 1030 g/mol. The van der Waals surface area contributed by atoms with E-state index in [1.54, 1.807) is 0 Å². The average Bonchev–Trinajstić information content (AvgIpc) is 4.04. The Morgan fingerprint density at radius 3 is 1.72 bits per heavy atom. The van der Waals surface area contributed by atoms with Crippen molar-refractivity contribution in [1.29, 1.82) is 0 Å². The number of hydrogen-bond acceptors (Lipinski definition) is 4. The molecule has 14 rings (SSSR count). The second-order valence-electron chi connectivity index (χ2n) is 17.7. The maximum Gasteiger partial charge on any atom is 0.160 e. The molecule has 1 aliphatic heterocycles. The Hall–Kier alpha value is -8.18. The maximum atomic E-state index is 6.81. The first-order chi connectivity index (χ1) is 33.6. The van der Waals surface area contributed by atoms with Gasteiger partial charge in [0.2, 0.25) is 0 Å². The van der Waals surface area contributed by atoms with Gasteiger partial charge < -0.3 is 23.3 Å². The van der Waals surface area contributed by atoms with E-state index < -0.39 is 0 Å². The third kappa shape index (κ3) is 6.25. The van der Waals surface area contributed by atoms with Gasteiger partial charge in [-0.15, -0.1) is 48.1 Å². The van der Waals surface area contributed by atoms with Gasteiger partial charge in [-0.3, -0.25) is 0 Å². The number of anilines is 4. The molecule has 0 saturated carbocycles. The van der Waals surface area contributed by atoms with Crippen LogP contribution in [0.3, 0.4) is 0 Å². The summed E-state index contributed by atoms with van der Waals surface area (Å²) in [6.45, 7) is 6.57. The fraction of sp³-hybridized carbons (Fsp3) is 0.0323. The summed E-state index contributed by atoms with van der Waals surface area (Å²) in [6.07, 6.45) is 1.89. The van der Waals surface area contributed by atoms with Crippen LogP contribution in [0.15, 0.2) is 200 Å². The van der Waals surface area contributed by atoms with E-state index in [0.717, 1.165) is 88.9 Å². The van der Waals surface area contributed by atoms with Crippen molar-refractivity contribution < 1.29 is 25.8 Å². The molecule has 0 saturated heterocycles. The first-order valence-corrected chi connectivity index (χ1v) is 23.0. The van der Waals surface area contributed by atoms with Crippen molar-refractivity contribution in [2.75, 3.05) is 9.80 Å². The molecule has 0 bridgehead atoms. The van der Waals surface area contributed by atoms with Crippen LogP contribution in [0.2, 0.25) is 0 Å². The summed E-state index contributed by atoms with van der Waals surface area (Å²) in [5.41, 5.74) is 17.3. The van der Waals surface area contributed by atoms with Crippen LogP contribution >= 0.6 is 0 Å². The molecule has 4 aromatic heterocycles. The van der Waals surface area contributed by atoms with Crippen molar-refractivity contribution in [3.05, 3.63) is 230 Å². The van der Waals surface area contributed by atoms with E-state index in [-0.39, 0.29) is 21.1 Å². The van der Waals surface area contributed by atoms with E-state index in [4.69, 9.17) is 9.72 Å². The largest absolute Gasteiger partial charge is 0.509 e. The Morgan fingerprint density at radius 1 is 0.464 bits per heavy atom. The summed E-state index contributed by atoms with van der Waals surface area (Å²) in [6, 6.07) is 76.4. The molecule has 0 spiro atoms. The van der Waals surface area contributed by atoms with Crippen molar-refractivity contribution in [2.45, 2.75) is 13.8 Å². The van der Waals surface area contributed by atoms with Crippen LogP contribution in [0, 0.1) is 32.6 Å². The maximum absolute atomic E-state index is 6.81. The van der Waals surface area contributed by atoms with Crippen LogP contribution in [0.25, 0.3) is 87.8 Å². The van der Waals surface area contributed by atoms with Gasteiger partial charge in [-0.2, -0.15) is 12.1 Å². The summed E-state index contributed by atoms with van der Waals surface area (Å²) in [7, 11) is 0. The Labute approximate surface area is 413 Å².